The Hall–Kier alpha value is -3.04. The number of fused-ring (bicyclic) bond motifs is 1. The Kier molecular flexibility index (Phi) is 8.74. The third-order valence-electron chi connectivity index (χ3n) is 4.73. The standard InChI is InChI=1S/C23H24ClF3N2O.CH3NO2/c1-14(2)12-22(3,28)13-30-21-7-4-15(10-19(21)23(25,26)27)17-8-9-29-20-11-16(24)5-6-18(17)20;2-1(3)4/h4-11,14H,12-13,28H2,1-3H3;2H2,(H,3,4). The summed E-state index contributed by atoms with van der Waals surface area (Å²) in [4.78, 5) is 13.0. The number of amides is 1. The van der Waals surface area contributed by atoms with Gasteiger partial charge < -0.3 is 21.3 Å². The molecule has 6 nitrogen and oxygen atoms in total. The molecule has 3 rings (SSSR count). The molecule has 10 heteroatoms. The van der Waals surface area contributed by atoms with Gasteiger partial charge in [0.05, 0.1) is 11.1 Å². The molecule has 1 aromatic heterocycles. The van der Waals surface area contributed by atoms with Crippen LogP contribution in [-0.4, -0.2) is 28.3 Å². The molecule has 2 aromatic carbocycles. The lowest BCUT2D eigenvalue weighted by atomic mass is 9.93. The van der Waals surface area contributed by atoms with Crippen LogP contribution < -0.4 is 16.2 Å². The lowest BCUT2D eigenvalue weighted by Gasteiger charge is -2.27. The highest BCUT2D eigenvalue weighted by molar-refractivity contribution is 6.31. The van der Waals surface area contributed by atoms with E-state index < -0.39 is 23.4 Å². The highest BCUT2D eigenvalue weighted by Crippen LogP contribution is 2.40. The van der Waals surface area contributed by atoms with Crippen molar-refractivity contribution in [2.45, 2.75) is 38.9 Å². The number of carboxylic acid groups (broad SMARTS) is 1. The Bertz CT molecular complexity index is 1150. The number of rotatable bonds is 6. The first-order valence-electron chi connectivity index (χ1n) is 10.4. The summed E-state index contributed by atoms with van der Waals surface area (Å²) in [6.45, 7) is 5.79. The zero-order valence-electron chi connectivity index (χ0n) is 19.0. The van der Waals surface area contributed by atoms with E-state index in [1.54, 1.807) is 43.5 Å². The quantitative estimate of drug-likeness (QED) is 0.368. The normalized spacial score (nSPS) is 13.2. The summed E-state index contributed by atoms with van der Waals surface area (Å²) < 4.78 is 46.9. The zero-order chi connectivity index (χ0) is 25.7. The van der Waals surface area contributed by atoms with Crippen LogP contribution in [0.15, 0.2) is 48.7 Å². The van der Waals surface area contributed by atoms with Crippen molar-refractivity contribution < 1.29 is 27.8 Å². The van der Waals surface area contributed by atoms with Crippen LogP contribution in [-0.2, 0) is 6.18 Å². The summed E-state index contributed by atoms with van der Waals surface area (Å²) >= 11 is 6.01. The fourth-order valence-corrected chi connectivity index (χ4v) is 3.82. The van der Waals surface area contributed by atoms with Crippen LogP contribution in [0.1, 0.15) is 32.8 Å². The fraction of sp³-hybridized carbons (Fsp3) is 0.333. The SMILES string of the molecule is CC(C)CC(C)(N)COc1ccc(-c2ccnc3cc(Cl)ccc23)cc1C(F)(F)F.NC(=O)O. The molecule has 0 fully saturated rings. The van der Waals surface area contributed by atoms with Gasteiger partial charge in [0.1, 0.15) is 12.4 Å². The molecule has 1 amide bonds. The molecule has 1 unspecified atom stereocenters. The minimum atomic E-state index is -4.57. The number of benzene rings is 2. The van der Waals surface area contributed by atoms with Gasteiger partial charge in [-0.25, -0.2) is 4.79 Å². The van der Waals surface area contributed by atoms with Gasteiger partial charge in [0.25, 0.3) is 0 Å². The lowest BCUT2D eigenvalue weighted by molar-refractivity contribution is -0.139. The van der Waals surface area contributed by atoms with Crippen molar-refractivity contribution in [3.63, 3.8) is 0 Å². The maximum absolute atomic E-state index is 13.8. The Labute approximate surface area is 200 Å². The van der Waals surface area contributed by atoms with E-state index in [4.69, 9.17) is 32.0 Å². The van der Waals surface area contributed by atoms with Crippen LogP contribution in [0.5, 0.6) is 5.75 Å². The van der Waals surface area contributed by atoms with Gasteiger partial charge in [0, 0.05) is 22.1 Å². The van der Waals surface area contributed by atoms with E-state index >= 15 is 0 Å². The number of pyridine rings is 1. The third kappa shape index (κ3) is 7.78. The molecule has 0 radical (unpaired) electrons. The van der Waals surface area contributed by atoms with Gasteiger partial charge in [-0.15, -0.1) is 0 Å². The first kappa shape index (κ1) is 27.2. The summed E-state index contributed by atoms with van der Waals surface area (Å²) in [6.07, 6.45) is -3.71. The molecule has 184 valence electrons. The number of hydrogen-bond acceptors (Lipinski definition) is 4. The Morgan fingerprint density at radius 3 is 2.41 bits per heavy atom. The number of nitrogens with zero attached hydrogens (tertiary/aromatic N) is 1. The van der Waals surface area contributed by atoms with E-state index in [-0.39, 0.29) is 12.4 Å². The van der Waals surface area contributed by atoms with Crippen LogP contribution in [0, 0.1) is 5.92 Å². The first-order valence-corrected chi connectivity index (χ1v) is 10.7. The number of hydrogen-bond donors (Lipinski definition) is 3. The van der Waals surface area contributed by atoms with Crippen LogP contribution in [0.3, 0.4) is 0 Å². The number of nitrogens with two attached hydrogens (primary N) is 2. The van der Waals surface area contributed by atoms with E-state index in [2.05, 4.69) is 10.7 Å². The Morgan fingerprint density at radius 2 is 1.82 bits per heavy atom. The highest BCUT2D eigenvalue weighted by Gasteiger charge is 2.35. The minimum Gasteiger partial charge on any atom is -0.491 e. The molecular formula is C24H27ClF3N3O3. The van der Waals surface area contributed by atoms with Gasteiger partial charge in [0.2, 0.25) is 0 Å². The van der Waals surface area contributed by atoms with E-state index in [9.17, 15) is 13.2 Å². The number of primary amides is 1. The molecule has 5 N–H and O–H groups in total. The average molecular weight is 498 g/mol. The predicted octanol–water partition coefficient (Wildman–Crippen LogP) is 6.34. The van der Waals surface area contributed by atoms with Gasteiger partial charge in [0.15, 0.2) is 0 Å². The lowest BCUT2D eigenvalue weighted by Crippen LogP contribution is -2.43. The van der Waals surface area contributed by atoms with Crippen LogP contribution in [0.25, 0.3) is 22.0 Å². The summed E-state index contributed by atoms with van der Waals surface area (Å²) in [6, 6.07) is 10.9. The zero-order valence-corrected chi connectivity index (χ0v) is 19.7. The first-order chi connectivity index (χ1) is 15.7. The molecular weight excluding hydrogens is 471 g/mol. The Balaban J connectivity index is 0.000000945. The summed E-state index contributed by atoms with van der Waals surface area (Å²) in [7, 11) is 0. The molecule has 0 aliphatic rings. The van der Waals surface area contributed by atoms with Gasteiger partial charge in [-0.2, -0.15) is 13.2 Å². The van der Waals surface area contributed by atoms with E-state index in [1.807, 2.05) is 13.8 Å². The van der Waals surface area contributed by atoms with Crippen molar-refractivity contribution in [2.24, 2.45) is 17.4 Å². The van der Waals surface area contributed by atoms with Crippen molar-refractivity contribution >= 4 is 28.6 Å². The summed E-state index contributed by atoms with van der Waals surface area (Å²) in [5.41, 5.74) is 10.3. The number of alkyl halides is 3. The molecule has 34 heavy (non-hydrogen) atoms. The monoisotopic (exact) mass is 497 g/mol. The van der Waals surface area contributed by atoms with E-state index in [0.717, 1.165) is 11.5 Å². The van der Waals surface area contributed by atoms with Crippen LogP contribution in [0.2, 0.25) is 5.02 Å². The largest absolute Gasteiger partial charge is 0.491 e. The molecule has 0 saturated carbocycles. The third-order valence-corrected chi connectivity index (χ3v) is 4.97. The topological polar surface area (TPSA) is 111 Å². The fourth-order valence-electron chi connectivity index (χ4n) is 3.65. The maximum atomic E-state index is 13.8. The van der Waals surface area contributed by atoms with Crippen LogP contribution >= 0.6 is 11.6 Å². The highest BCUT2D eigenvalue weighted by atomic mass is 35.5. The van der Waals surface area contributed by atoms with Gasteiger partial charge in [-0.05, 0) is 60.7 Å². The van der Waals surface area contributed by atoms with Crippen molar-refractivity contribution in [1.82, 2.24) is 4.98 Å². The Morgan fingerprint density at radius 1 is 1.18 bits per heavy atom. The predicted molar refractivity (Wildman–Crippen MR) is 127 cm³/mol. The number of halogens is 4. The van der Waals surface area contributed by atoms with E-state index in [0.29, 0.717) is 34.0 Å². The number of carbonyl (C=O) groups is 1. The second kappa shape index (κ2) is 10.9. The van der Waals surface area contributed by atoms with Crippen molar-refractivity contribution in [3.05, 3.63) is 59.2 Å². The molecule has 3 aromatic rings. The molecule has 0 aliphatic heterocycles. The molecule has 0 bridgehead atoms. The molecule has 0 spiro atoms. The van der Waals surface area contributed by atoms with Gasteiger partial charge in [-0.3, -0.25) is 4.98 Å². The smallest absolute Gasteiger partial charge is 0.419 e. The maximum Gasteiger partial charge on any atom is 0.419 e. The second-order valence-corrected chi connectivity index (χ2v) is 9.04. The molecule has 1 heterocycles. The van der Waals surface area contributed by atoms with Crippen molar-refractivity contribution in [2.75, 3.05) is 6.61 Å². The van der Waals surface area contributed by atoms with E-state index in [1.165, 1.54) is 6.07 Å². The van der Waals surface area contributed by atoms with Crippen molar-refractivity contribution in [1.29, 1.82) is 0 Å². The minimum absolute atomic E-state index is 0.00963. The van der Waals surface area contributed by atoms with Crippen molar-refractivity contribution in [3.8, 4) is 16.9 Å². The molecule has 0 saturated heterocycles. The van der Waals surface area contributed by atoms with Gasteiger partial charge in [-0.1, -0.05) is 37.6 Å². The molecule has 0 aliphatic carbocycles. The number of aromatic nitrogens is 1. The summed E-state index contributed by atoms with van der Waals surface area (Å²) in [5.74, 6) is 0.0784. The van der Waals surface area contributed by atoms with Crippen LogP contribution in [0.4, 0.5) is 18.0 Å². The average Bonchev–Trinajstić information content (AvgIpc) is 2.69. The van der Waals surface area contributed by atoms with Gasteiger partial charge >= 0.3 is 12.3 Å². The summed E-state index contributed by atoms with van der Waals surface area (Å²) in [5, 5.41) is 8.42. The molecule has 1 atom stereocenters. The number of ether oxygens (including phenoxy) is 1. The second-order valence-electron chi connectivity index (χ2n) is 8.61.